The van der Waals surface area contributed by atoms with Crippen LogP contribution in [0.3, 0.4) is 0 Å². The van der Waals surface area contributed by atoms with Gasteiger partial charge >= 0.3 is 0 Å². The Hall–Kier alpha value is -2.39. The minimum atomic E-state index is -3.85. The number of ether oxygens (including phenoxy) is 1. The molecule has 8 nitrogen and oxygen atoms in total. The fourth-order valence-corrected chi connectivity index (χ4v) is 3.57. The molecule has 1 atom stereocenters. The van der Waals surface area contributed by atoms with Crippen LogP contribution in [0, 0.1) is 5.92 Å². The quantitative estimate of drug-likeness (QED) is 0.617. The molecule has 1 amide bonds. The second kappa shape index (κ2) is 8.81. The van der Waals surface area contributed by atoms with E-state index in [1.807, 2.05) is 20.8 Å². The van der Waals surface area contributed by atoms with Crippen molar-refractivity contribution in [2.24, 2.45) is 5.92 Å². The summed E-state index contributed by atoms with van der Waals surface area (Å²) in [6, 6.07) is 6.75. The number of hydrogen-bond acceptors (Lipinski definition) is 5. The Morgan fingerprint density at radius 1 is 1.23 bits per heavy atom. The zero-order chi connectivity index (χ0) is 19.2. The van der Waals surface area contributed by atoms with Gasteiger partial charge in [0.15, 0.2) is 0 Å². The summed E-state index contributed by atoms with van der Waals surface area (Å²) in [5.41, 5.74) is 0. The van der Waals surface area contributed by atoms with Crippen molar-refractivity contribution in [3.05, 3.63) is 36.5 Å². The van der Waals surface area contributed by atoms with E-state index in [0.29, 0.717) is 24.6 Å². The lowest BCUT2D eigenvalue weighted by molar-refractivity contribution is -0.118. The Labute approximate surface area is 153 Å². The summed E-state index contributed by atoms with van der Waals surface area (Å²) in [7, 11) is -3.85. The molecule has 0 aliphatic carbocycles. The number of nitrogens with one attached hydrogen (secondary N) is 3. The molecule has 0 spiro atoms. The number of hydrogen-bond donors (Lipinski definition) is 3. The molecule has 1 heterocycles. The van der Waals surface area contributed by atoms with Gasteiger partial charge in [-0.05, 0) is 43.5 Å². The Morgan fingerprint density at radius 2 is 1.92 bits per heavy atom. The topological polar surface area (TPSA) is 113 Å². The van der Waals surface area contributed by atoms with Crippen LogP contribution in [0.2, 0.25) is 0 Å². The summed E-state index contributed by atoms with van der Waals surface area (Å²) in [5.74, 6) is 0.666. The zero-order valence-electron chi connectivity index (χ0n) is 15.0. The van der Waals surface area contributed by atoms with E-state index in [-0.39, 0.29) is 10.8 Å². The van der Waals surface area contributed by atoms with E-state index in [9.17, 15) is 13.2 Å². The van der Waals surface area contributed by atoms with Crippen molar-refractivity contribution >= 4 is 21.7 Å². The summed E-state index contributed by atoms with van der Waals surface area (Å²) in [6.45, 7) is 6.18. The summed E-state index contributed by atoms with van der Waals surface area (Å²) >= 11 is 0. The van der Waals surface area contributed by atoms with E-state index in [0.717, 1.165) is 0 Å². The van der Waals surface area contributed by atoms with Crippen LogP contribution in [-0.2, 0) is 14.8 Å². The smallest absolute Gasteiger partial charge is 0.243 e. The molecule has 1 aromatic heterocycles. The molecule has 2 aromatic rings. The second-order valence-electron chi connectivity index (χ2n) is 6.17. The maximum atomic E-state index is 12.6. The number of sulfonamides is 1. The van der Waals surface area contributed by atoms with Crippen LogP contribution in [0.25, 0.3) is 0 Å². The fraction of sp³-hybridized carbons (Fsp3) is 0.412. The second-order valence-corrected chi connectivity index (χ2v) is 7.88. The van der Waals surface area contributed by atoms with Gasteiger partial charge in [0.05, 0.1) is 17.7 Å². The van der Waals surface area contributed by atoms with Crippen LogP contribution in [0.5, 0.6) is 5.75 Å². The first-order chi connectivity index (χ1) is 12.3. The van der Waals surface area contributed by atoms with Crippen molar-refractivity contribution in [2.45, 2.75) is 38.1 Å². The molecule has 0 saturated heterocycles. The molecule has 0 radical (unpaired) electrons. The number of aromatic nitrogens is 2. The number of nitrogens with zero attached hydrogens (tertiary/aromatic N) is 1. The van der Waals surface area contributed by atoms with E-state index in [1.165, 1.54) is 18.3 Å². The molecule has 26 heavy (non-hydrogen) atoms. The number of rotatable bonds is 9. The van der Waals surface area contributed by atoms with Crippen molar-refractivity contribution in [1.82, 2.24) is 14.9 Å². The van der Waals surface area contributed by atoms with Gasteiger partial charge in [0.2, 0.25) is 15.9 Å². The number of carbonyl (C=O) groups is 1. The summed E-state index contributed by atoms with van der Waals surface area (Å²) < 4.78 is 33.1. The molecule has 0 aliphatic heterocycles. The van der Waals surface area contributed by atoms with Crippen LogP contribution in [0.1, 0.15) is 27.2 Å². The van der Waals surface area contributed by atoms with E-state index in [4.69, 9.17) is 4.74 Å². The standard InChI is InChI=1S/C17H24N4O4S/c1-4-25-13-5-7-14(8-6-13)26(23,24)21-15(11-12(2)3)17(22)19-16-9-10-18-20-16/h5-10,12,15,21H,4,11H2,1-3H3,(H2,18,19,20,22)/t15-/m1/s1. The SMILES string of the molecule is CCOc1ccc(S(=O)(=O)N[C@H](CC(C)C)C(=O)Nc2ccn[nH]2)cc1. The maximum absolute atomic E-state index is 12.6. The van der Waals surface area contributed by atoms with Crippen molar-refractivity contribution in [3.8, 4) is 5.75 Å². The molecule has 0 fully saturated rings. The van der Waals surface area contributed by atoms with E-state index in [1.54, 1.807) is 18.2 Å². The first-order valence-electron chi connectivity index (χ1n) is 8.37. The number of anilines is 1. The van der Waals surface area contributed by atoms with Crippen LogP contribution in [0.15, 0.2) is 41.4 Å². The molecule has 9 heteroatoms. The predicted molar refractivity (Wildman–Crippen MR) is 98.4 cm³/mol. The number of aromatic amines is 1. The monoisotopic (exact) mass is 380 g/mol. The van der Waals surface area contributed by atoms with Crippen molar-refractivity contribution in [1.29, 1.82) is 0 Å². The van der Waals surface area contributed by atoms with Crippen LogP contribution in [-0.4, -0.2) is 37.2 Å². The highest BCUT2D eigenvalue weighted by Crippen LogP contribution is 2.17. The van der Waals surface area contributed by atoms with Crippen LogP contribution < -0.4 is 14.8 Å². The van der Waals surface area contributed by atoms with E-state index < -0.39 is 22.0 Å². The summed E-state index contributed by atoms with van der Waals surface area (Å²) in [5, 5.41) is 8.99. The summed E-state index contributed by atoms with van der Waals surface area (Å²) in [6.07, 6.45) is 1.85. The Bertz CT molecular complexity index is 802. The van der Waals surface area contributed by atoms with Gasteiger partial charge in [0.25, 0.3) is 0 Å². The highest BCUT2D eigenvalue weighted by molar-refractivity contribution is 7.89. The maximum Gasteiger partial charge on any atom is 0.243 e. The molecule has 0 saturated carbocycles. The molecular weight excluding hydrogens is 356 g/mol. The number of H-pyrrole nitrogens is 1. The Kier molecular flexibility index (Phi) is 6.76. The molecule has 2 rings (SSSR count). The van der Waals surface area contributed by atoms with Gasteiger partial charge in [-0.3, -0.25) is 9.89 Å². The molecule has 0 aliphatic rings. The number of amides is 1. The van der Waals surface area contributed by atoms with Crippen molar-refractivity contribution in [2.75, 3.05) is 11.9 Å². The van der Waals surface area contributed by atoms with Crippen molar-refractivity contribution in [3.63, 3.8) is 0 Å². The fourth-order valence-electron chi connectivity index (χ4n) is 2.36. The third kappa shape index (κ3) is 5.57. The lowest BCUT2D eigenvalue weighted by Crippen LogP contribution is -2.44. The minimum absolute atomic E-state index is 0.0732. The number of benzene rings is 1. The van der Waals surface area contributed by atoms with Gasteiger partial charge in [-0.1, -0.05) is 13.8 Å². The third-order valence-electron chi connectivity index (χ3n) is 3.52. The highest BCUT2D eigenvalue weighted by Gasteiger charge is 2.27. The van der Waals surface area contributed by atoms with Gasteiger partial charge in [-0.15, -0.1) is 0 Å². The van der Waals surface area contributed by atoms with Gasteiger partial charge in [0.1, 0.15) is 17.6 Å². The summed E-state index contributed by atoms with van der Waals surface area (Å²) in [4.78, 5) is 12.6. The molecule has 0 unspecified atom stereocenters. The lowest BCUT2D eigenvalue weighted by atomic mass is 10.0. The molecule has 142 valence electrons. The number of carbonyl (C=O) groups excluding carboxylic acids is 1. The van der Waals surface area contributed by atoms with Gasteiger partial charge in [-0.2, -0.15) is 9.82 Å². The Balaban J connectivity index is 2.15. The van der Waals surface area contributed by atoms with Gasteiger partial charge in [-0.25, -0.2) is 8.42 Å². The largest absolute Gasteiger partial charge is 0.494 e. The van der Waals surface area contributed by atoms with Crippen molar-refractivity contribution < 1.29 is 17.9 Å². The van der Waals surface area contributed by atoms with E-state index >= 15 is 0 Å². The average Bonchev–Trinajstić information content (AvgIpc) is 3.07. The molecule has 0 bridgehead atoms. The Morgan fingerprint density at radius 3 is 2.46 bits per heavy atom. The molecule has 1 aromatic carbocycles. The average molecular weight is 380 g/mol. The van der Waals surface area contributed by atoms with Gasteiger partial charge < -0.3 is 10.1 Å². The van der Waals surface area contributed by atoms with Crippen LogP contribution in [0.4, 0.5) is 5.82 Å². The first kappa shape index (κ1) is 19.9. The van der Waals surface area contributed by atoms with E-state index in [2.05, 4.69) is 20.2 Å². The minimum Gasteiger partial charge on any atom is -0.494 e. The first-order valence-corrected chi connectivity index (χ1v) is 9.85. The van der Waals surface area contributed by atoms with Gasteiger partial charge in [0, 0.05) is 6.07 Å². The normalized spacial score (nSPS) is 12.8. The predicted octanol–water partition coefficient (Wildman–Crippen LogP) is 2.14. The zero-order valence-corrected chi connectivity index (χ0v) is 15.8. The third-order valence-corrected chi connectivity index (χ3v) is 5.01. The highest BCUT2D eigenvalue weighted by atomic mass is 32.2. The molecular formula is C17H24N4O4S. The van der Waals surface area contributed by atoms with Crippen LogP contribution >= 0.6 is 0 Å². The lowest BCUT2D eigenvalue weighted by Gasteiger charge is -2.20. The molecule has 3 N–H and O–H groups in total.